The Morgan fingerprint density at radius 1 is 1.06 bits per heavy atom. The van der Waals surface area contributed by atoms with Gasteiger partial charge in [-0.2, -0.15) is 15.8 Å². The molecule has 1 aromatic carbocycles. The van der Waals surface area contributed by atoms with E-state index in [1.807, 2.05) is 0 Å². The first-order chi connectivity index (χ1) is 15.2. The Bertz CT molecular complexity index is 1120. The van der Waals surface area contributed by atoms with Crippen LogP contribution in [0.15, 0.2) is 18.2 Å². The zero-order valence-electron chi connectivity index (χ0n) is 18.3. The molecular weight excluding hydrogens is 408 g/mol. The minimum absolute atomic E-state index is 0.0317. The summed E-state index contributed by atoms with van der Waals surface area (Å²) >= 11 is 0. The van der Waals surface area contributed by atoms with Crippen LogP contribution >= 0.6 is 0 Å². The van der Waals surface area contributed by atoms with Gasteiger partial charge >= 0.3 is 0 Å². The van der Waals surface area contributed by atoms with Crippen molar-refractivity contribution in [3.63, 3.8) is 0 Å². The van der Waals surface area contributed by atoms with Gasteiger partial charge in [0.25, 0.3) is 0 Å². The number of benzene rings is 1. The van der Waals surface area contributed by atoms with Crippen LogP contribution in [0.3, 0.4) is 0 Å². The van der Waals surface area contributed by atoms with E-state index in [0.29, 0.717) is 29.9 Å². The zero-order chi connectivity index (χ0) is 22.9. The molecule has 2 saturated heterocycles. The molecule has 8 heteroatoms. The van der Waals surface area contributed by atoms with Gasteiger partial charge in [-0.05, 0) is 41.9 Å². The third kappa shape index (κ3) is 2.30. The Kier molecular flexibility index (Phi) is 4.11. The second-order valence-electron chi connectivity index (χ2n) is 10.2. The van der Waals surface area contributed by atoms with Crippen LogP contribution in [0.4, 0.5) is 0 Å². The van der Waals surface area contributed by atoms with Gasteiger partial charge in [0.1, 0.15) is 6.10 Å². The Balaban J connectivity index is 1.70. The van der Waals surface area contributed by atoms with Gasteiger partial charge < -0.3 is 18.9 Å². The number of nitriles is 3. The van der Waals surface area contributed by atoms with Crippen LogP contribution in [0, 0.1) is 67.5 Å². The molecule has 8 nitrogen and oxygen atoms in total. The van der Waals surface area contributed by atoms with Gasteiger partial charge in [0.2, 0.25) is 23.9 Å². The monoisotopic (exact) mass is 432 g/mol. The maximum Gasteiger partial charge on any atom is 0.231 e. The van der Waals surface area contributed by atoms with E-state index in [2.05, 4.69) is 39.0 Å². The first kappa shape index (κ1) is 20.6. The van der Waals surface area contributed by atoms with Crippen molar-refractivity contribution in [2.24, 2.45) is 28.1 Å². The molecule has 4 aliphatic rings. The van der Waals surface area contributed by atoms with E-state index in [0.717, 1.165) is 6.42 Å². The maximum absolute atomic E-state index is 10.5. The van der Waals surface area contributed by atoms with Gasteiger partial charge in [-0.15, -0.1) is 0 Å². The second-order valence-corrected chi connectivity index (χ2v) is 10.2. The molecule has 1 saturated carbocycles. The third-order valence-electron chi connectivity index (χ3n) is 7.83. The lowest BCUT2D eigenvalue weighted by molar-refractivity contribution is -0.301. The summed E-state index contributed by atoms with van der Waals surface area (Å²) < 4.78 is 23.4. The molecule has 2 bridgehead atoms. The third-order valence-corrected chi connectivity index (χ3v) is 7.83. The summed E-state index contributed by atoms with van der Waals surface area (Å²) in [5.74, 6) is -0.856. The molecule has 5 unspecified atom stereocenters. The molecule has 1 aliphatic carbocycles. The van der Waals surface area contributed by atoms with Crippen molar-refractivity contribution < 1.29 is 18.9 Å². The molecule has 5 atom stereocenters. The lowest BCUT2D eigenvalue weighted by Crippen LogP contribution is -2.61. The fourth-order valence-corrected chi connectivity index (χ4v) is 6.00. The highest BCUT2D eigenvalue weighted by Crippen LogP contribution is 2.70. The Morgan fingerprint density at radius 3 is 2.44 bits per heavy atom. The number of rotatable bonds is 1. The van der Waals surface area contributed by atoms with Crippen molar-refractivity contribution in [3.05, 3.63) is 23.8 Å². The van der Waals surface area contributed by atoms with Crippen LogP contribution in [0.25, 0.3) is 0 Å². The molecule has 3 heterocycles. The first-order valence-corrected chi connectivity index (χ1v) is 10.8. The molecular formula is C24H24N4O4. The van der Waals surface area contributed by atoms with Gasteiger partial charge in [0.05, 0.1) is 24.1 Å². The van der Waals surface area contributed by atoms with Crippen molar-refractivity contribution in [2.75, 3.05) is 6.79 Å². The van der Waals surface area contributed by atoms with E-state index in [-0.39, 0.29) is 24.0 Å². The summed E-state index contributed by atoms with van der Waals surface area (Å²) in [4.78, 5) is 0. The lowest BCUT2D eigenvalue weighted by Gasteiger charge is -2.54. The van der Waals surface area contributed by atoms with E-state index < -0.39 is 28.6 Å². The van der Waals surface area contributed by atoms with Gasteiger partial charge in [-0.1, -0.05) is 26.8 Å². The SMILES string of the molecule is CC(C)(C)C1CCC23OC(=N)C(C#N)(C2C1)C(C#N)(C#N)C(c1ccc2c(c1)OCO2)O3. The number of nitrogens with one attached hydrogen (secondary N) is 1. The Hall–Kier alpha value is -3.28. The van der Waals surface area contributed by atoms with Gasteiger partial charge in [-0.3, -0.25) is 5.41 Å². The fraction of sp³-hybridized carbons (Fsp3) is 0.583. The molecule has 3 aliphatic heterocycles. The van der Waals surface area contributed by atoms with Crippen LogP contribution < -0.4 is 9.47 Å². The van der Waals surface area contributed by atoms with Crippen LogP contribution in [0.1, 0.15) is 51.7 Å². The predicted molar refractivity (Wildman–Crippen MR) is 110 cm³/mol. The zero-order valence-corrected chi connectivity index (χ0v) is 18.3. The van der Waals surface area contributed by atoms with Gasteiger partial charge in [0.15, 0.2) is 16.9 Å². The van der Waals surface area contributed by atoms with Crippen molar-refractivity contribution in [1.29, 1.82) is 21.2 Å². The van der Waals surface area contributed by atoms with Crippen LogP contribution in [-0.4, -0.2) is 18.5 Å². The normalized spacial score (nSPS) is 36.2. The largest absolute Gasteiger partial charge is 0.454 e. The van der Waals surface area contributed by atoms with E-state index in [9.17, 15) is 15.8 Å². The predicted octanol–water partition coefficient (Wildman–Crippen LogP) is 4.20. The first-order valence-electron chi connectivity index (χ1n) is 10.8. The summed E-state index contributed by atoms with van der Waals surface area (Å²) in [5.41, 5.74) is -3.21. The molecule has 1 N–H and O–H groups in total. The number of hydrogen-bond acceptors (Lipinski definition) is 8. The van der Waals surface area contributed by atoms with Crippen molar-refractivity contribution >= 4 is 5.90 Å². The summed E-state index contributed by atoms with van der Waals surface area (Å²) in [6.07, 6.45) is 0.740. The number of ether oxygens (including phenoxy) is 4. The van der Waals surface area contributed by atoms with Crippen LogP contribution in [0.2, 0.25) is 0 Å². The quantitative estimate of drug-likeness (QED) is 0.703. The van der Waals surface area contributed by atoms with Gasteiger partial charge in [0, 0.05) is 6.42 Å². The minimum atomic E-state index is -1.96. The molecule has 0 aromatic heterocycles. The highest BCUT2D eigenvalue weighted by atomic mass is 16.7. The van der Waals surface area contributed by atoms with Crippen molar-refractivity contribution in [1.82, 2.24) is 0 Å². The molecule has 0 amide bonds. The van der Waals surface area contributed by atoms with E-state index in [4.69, 9.17) is 24.4 Å². The van der Waals surface area contributed by atoms with Crippen molar-refractivity contribution in [2.45, 2.75) is 51.9 Å². The summed E-state index contributed by atoms with van der Waals surface area (Å²) in [6.45, 7) is 6.51. The topological polar surface area (TPSA) is 132 Å². The molecule has 5 rings (SSSR count). The molecule has 0 radical (unpaired) electrons. The van der Waals surface area contributed by atoms with E-state index >= 15 is 0 Å². The van der Waals surface area contributed by atoms with Crippen LogP contribution in [-0.2, 0) is 9.47 Å². The highest BCUT2D eigenvalue weighted by Gasteiger charge is 2.81. The number of hydrogen-bond donors (Lipinski definition) is 1. The molecule has 3 fully saturated rings. The summed E-state index contributed by atoms with van der Waals surface area (Å²) in [7, 11) is 0. The molecule has 32 heavy (non-hydrogen) atoms. The standard InChI is InChI=1S/C24H24N4O4/c1-21(2,3)15-6-7-24-18(9-15)23(12-27,20(28)32-24)22(10-25,11-26)19(31-24)14-4-5-16-17(8-14)30-13-29-16/h4-5,8,15,18-19,28H,6-7,9,13H2,1-3H3. The highest BCUT2D eigenvalue weighted by molar-refractivity contribution is 5.89. The average molecular weight is 432 g/mol. The Morgan fingerprint density at radius 2 is 1.78 bits per heavy atom. The average Bonchev–Trinajstić information content (AvgIpc) is 3.31. The van der Waals surface area contributed by atoms with E-state index in [1.54, 1.807) is 18.2 Å². The fourth-order valence-electron chi connectivity index (χ4n) is 6.00. The molecule has 0 spiro atoms. The number of nitrogens with zero attached hydrogens (tertiary/aromatic N) is 3. The Labute approximate surface area is 186 Å². The second kappa shape index (κ2) is 6.37. The lowest BCUT2D eigenvalue weighted by atomic mass is 9.49. The van der Waals surface area contributed by atoms with Crippen molar-refractivity contribution in [3.8, 4) is 29.7 Å². The van der Waals surface area contributed by atoms with Gasteiger partial charge in [-0.25, -0.2) is 0 Å². The molecule has 164 valence electrons. The van der Waals surface area contributed by atoms with Crippen LogP contribution in [0.5, 0.6) is 11.5 Å². The molecule has 1 aromatic rings. The summed E-state index contributed by atoms with van der Waals surface area (Å²) in [6, 6.07) is 11.6. The number of fused-ring (bicyclic) bond motifs is 1. The summed E-state index contributed by atoms with van der Waals surface area (Å²) in [5, 5.41) is 40.0. The van der Waals surface area contributed by atoms with E-state index in [1.165, 1.54) is 0 Å². The smallest absolute Gasteiger partial charge is 0.231 e. The minimum Gasteiger partial charge on any atom is -0.454 e. The maximum atomic E-state index is 10.5.